The van der Waals surface area contributed by atoms with E-state index in [1.807, 2.05) is 12.3 Å². The Morgan fingerprint density at radius 2 is 1.86 bits per heavy atom. The van der Waals surface area contributed by atoms with Crippen molar-refractivity contribution in [3.8, 4) is 5.75 Å². The Hall–Kier alpha value is -1.95. The lowest BCUT2D eigenvalue weighted by Crippen LogP contribution is -2.24. The van der Waals surface area contributed by atoms with Crippen molar-refractivity contribution in [2.24, 2.45) is 0 Å². The summed E-state index contributed by atoms with van der Waals surface area (Å²) in [5.74, 6) is -1.31. The van der Waals surface area contributed by atoms with E-state index in [1.165, 1.54) is 23.9 Å². The first-order chi connectivity index (χ1) is 10.4. The molecule has 2 rings (SSSR count). The Balaban J connectivity index is 2.18. The molecule has 0 aliphatic heterocycles. The molecule has 22 heavy (non-hydrogen) atoms. The zero-order valence-corrected chi connectivity index (χ0v) is 12.5. The van der Waals surface area contributed by atoms with Gasteiger partial charge in [-0.15, -0.1) is 11.8 Å². The number of thioether (sulfide) groups is 1. The van der Waals surface area contributed by atoms with Crippen molar-refractivity contribution in [2.45, 2.75) is 17.7 Å². The first-order valence-electron chi connectivity index (χ1n) is 6.38. The van der Waals surface area contributed by atoms with Crippen LogP contribution in [0.1, 0.15) is 15.9 Å². The molecule has 0 amide bonds. The largest absolute Gasteiger partial charge is 0.489 e. The summed E-state index contributed by atoms with van der Waals surface area (Å²) in [6.07, 6.45) is -2.98. The van der Waals surface area contributed by atoms with E-state index < -0.39 is 12.0 Å². The van der Waals surface area contributed by atoms with Gasteiger partial charge in [-0.2, -0.15) is 13.2 Å². The lowest BCUT2D eigenvalue weighted by Gasteiger charge is -2.12. The van der Waals surface area contributed by atoms with Crippen molar-refractivity contribution in [1.82, 2.24) is 0 Å². The fourth-order valence-corrected chi connectivity index (χ4v) is 2.32. The van der Waals surface area contributed by atoms with Gasteiger partial charge in [-0.1, -0.05) is 30.3 Å². The lowest BCUT2D eigenvalue weighted by molar-refractivity contribution is -0.0886. The van der Waals surface area contributed by atoms with Crippen molar-refractivity contribution in [3.05, 3.63) is 59.7 Å². The molecular weight excluding hydrogens is 313 g/mol. The van der Waals surface area contributed by atoms with Crippen LogP contribution in [0.15, 0.2) is 53.4 Å². The molecule has 0 spiro atoms. The molecule has 2 aromatic rings. The average molecular weight is 326 g/mol. The lowest BCUT2D eigenvalue weighted by atomic mass is 10.0. The molecule has 2 aromatic carbocycles. The quantitative estimate of drug-likeness (QED) is 0.587. The van der Waals surface area contributed by atoms with Gasteiger partial charge in [0.1, 0.15) is 12.4 Å². The number of Topliss-reactive ketones (excluding diaryl/α,β-unsaturated/α-hetero) is 1. The fraction of sp³-hybridized carbons (Fsp3) is 0.188. The SMILES string of the molecule is CSc1cccc(OCc2ccccc2C(=O)C(F)(F)F)c1. The minimum Gasteiger partial charge on any atom is -0.489 e. The molecule has 2 nitrogen and oxygen atoms in total. The zero-order chi connectivity index (χ0) is 16.2. The number of rotatable bonds is 5. The number of carbonyl (C=O) groups is 1. The Morgan fingerprint density at radius 3 is 2.55 bits per heavy atom. The van der Waals surface area contributed by atoms with Crippen LogP contribution in [-0.2, 0) is 6.61 Å². The van der Waals surface area contributed by atoms with Gasteiger partial charge in [0.25, 0.3) is 5.78 Å². The van der Waals surface area contributed by atoms with Crippen LogP contribution in [0.3, 0.4) is 0 Å². The maximum atomic E-state index is 12.6. The summed E-state index contributed by atoms with van der Waals surface area (Å²) < 4.78 is 43.3. The predicted octanol–water partition coefficient (Wildman–Crippen LogP) is 4.73. The highest BCUT2D eigenvalue weighted by molar-refractivity contribution is 7.98. The van der Waals surface area contributed by atoms with E-state index in [1.54, 1.807) is 24.3 Å². The Bertz CT molecular complexity index is 668. The number of ketones is 1. The second-order valence-electron chi connectivity index (χ2n) is 4.45. The van der Waals surface area contributed by atoms with E-state index in [4.69, 9.17) is 4.74 Å². The normalized spacial score (nSPS) is 11.3. The molecule has 0 aliphatic rings. The van der Waals surface area contributed by atoms with Crippen molar-refractivity contribution in [2.75, 3.05) is 6.26 Å². The molecule has 0 heterocycles. The number of hydrogen-bond donors (Lipinski definition) is 0. The molecule has 0 unspecified atom stereocenters. The molecular formula is C16H13F3O2S. The van der Waals surface area contributed by atoms with Gasteiger partial charge in [-0.3, -0.25) is 4.79 Å². The van der Waals surface area contributed by atoms with Crippen molar-refractivity contribution < 1.29 is 22.7 Å². The van der Waals surface area contributed by atoms with E-state index in [0.717, 1.165) is 11.0 Å². The maximum absolute atomic E-state index is 12.6. The third kappa shape index (κ3) is 4.04. The second kappa shape index (κ2) is 6.87. The van der Waals surface area contributed by atoms with Crippen LogP contribution in [0, 0.1) is 0 Å². The molecule has 0 atom stereocenters. The molecule has 0 aromatic heterocycles. The van der Waals surface area contributed by atoms with Crippen molar-refractivity contribution in [3.63, 3.8) is 0 Å². The van der Waals surface area contributed by atoms with Crippen LogP contribution < -0.4 is 4.74 Å². The van der Waals surface area contributed by atoms with Gasteiger partial charge in [0.05, 0.1) is 0 Å². The number of benzene rings is 2. The highest BCUT2D eigenvalue weighted by Gasteiger charge is 2.40. The van der Waals surface area contributed by atoms with E-state index in [2.05, 4.69) is 0 Å². The minimum absolute atomic E-state index is 0.101. The third-order valence-electron chi connectivity index (χ3n) is 2.95. The van der Waals surface area contributed by atoms with Crippen LogP contribution >= 0.6 is 11.8 Å². The van der Waals surface area contributed by atoms with E-state index >= 15 is 0 Å². The van der Waals surface area contributed by atoms with Gasteiger partial charge in [-0.05, 0) is 24.5 Å². The standard InChI is InChI=1S/C16H13F3O2S/c1-22-13-7-4-6-12(9-13)21-10-11-5-2-3-8-14(11)15(20)16(17,18)19/h2-9H,10H2,1H3. The summed E-state index contributed by atoms with van der Waals surface area (Å²) in [5.41, 5.74) is -0.171. The van der Waals surface area contributed by atoms with Crippen LogP contribution in [-0.4, -0.2) is 18.2 Å². The summed E-state index contributed by atoms with van der Waals surface area (Å²) in [6, 6.07) is 12.8. The zero-order valence-electron chi connectivity index (χ0n) is 11.7. The monoisotopic (exact) mass is 326 g/mol. The minimum atomic E-state index is -4.89. The summed E-state index contributed by atoms with van der Waals surface area (Å²) in [7, 11) is 0. The number of hydrogen-bond acceptors (Lipinski definition) is 3. The van der Waals surface area contributed by atoms with Gasteiger partial charge in [0.2, 0.25) is 0 Å². The van der Waals surface area contributed by atoms with Crippen LogP contribution in [0.4, 0.5) is 13.2 Å². The van der Waals surface area contributed by atoms with Gasteiger partial charge in [0, 0.05) is 16.0 Å². The van der Waals surface area contributed by atoms with Gasteiger partial charge < -0.3 is 4.74 Å². The molecule has 0 bridgehead atoms. The van der Waals surface area contributed by atoms with Crippen LogP contribution in [0.2, 0.25) is 0 Å². The van der Waals surface area contributed by atoms with Crippen molar-refractivity contribution >= 4 is 17.5 Å². The Morgan fingerprint density at radius 1 is 1.14 bits per heavy atom. The highest BCUT2D eigenvalue weighted by atomic mass is 32.2. The molecule has 6 heteroatoms. The molecule has 0 radical (unpaired) electrons. The number of carbonyl (C=O) groups excluding carboxylic acids is 1. The maximum Gasteiger partial charge on any atom is 0.454 e. The predicted molar refractivity (Wildman–Crippen MR) is 79.4 cm³/mol. The van der Waals surface area contributed by atoms with Gasteiger partial charge in [-0.25, -0.2) is 0 Å². The molecule has 0 saturated carbocycles. The Kier molecular flexibility index (Phi) is 5.13. The summed E-state index contributed by atoms with van der Waals surface area (Å²) in [4.78, 5) is 12.4. The second-order valence-corrected chi connectivity index (χ2v) is 5.33. The van der Waals surface area contributed by atoms with E-state index in [-0.39, 0.29) is 17.7 Å². The summed E-state index contributed by atoms with van der Waals surface area (Å²) in [5, 5.41) is 0. The summed E-state index contributed by atoms with van der Waals surface area (Å²) in [6.45, 7) is -0.101. The third-order valence-corrected chi connectivity index (χ3v) is 3.68. The van der Waals surface area contributed by atoms with E-state index in [0.29, 0.717) is 5.75 Å². The summed E-state index contributed by atoms with van der Waals surface area (Å²) >= 11 is 1.53. The number of ether oxygens (including phenoxy) is 1. The molecule has 116 valence electrons. The first kappa shape index (κ1) is 16.4. The van der Waals surface area contributed by atoms with Gasteiger partial charge >= 0.3 is 6.18 Å². The van der Waals surface area contributed by atoms with Crippen LogP contribution in [0.5, 0.6) is 5.75 Å². The first-order valence-corrected chi connectivity index (χ1v) is 7.60. The number of halogens is 3. The highest BCUT2D eigenvalue weighted by Crippen LogP contribution is 2.25. The fourth-order valence-electron chi connectivity index (χ4n) is 1.87. The molecule has 0 N–H and O–H groups in total. The van der Waals surface area contributed by atoms with Crippen LogP contribution in [0.25, 0.3) is 0 Å². The average Bonchev–Trinajstić information content (AvgIpc) is 2.52. The molecule has 0 saturated heterocycles. The number of alkyl halides is 3. The Labute approximate surface area is 130 Å². The van der Waals surface area contributed by atoms with E-state index in [9.17, 15) is 18.0 Å². The van der Waals surface area contributed by atoms with Crippen molar-refractivity contribution in [1.29, 1.82) is 0 Å². The topological polar surface area (TPSA) is 26.3 Å². The van der Waals surface area contributed by atoms with Gasteiger partial charge in [0.15, 0.2) is 0 Å². The molecule has 0 fully saturated rings. The smallest absolute Gasteiger partial charge is 0.454 e. The molecule has 0 aliphatic carbocycles.